The Labute approximate surface area is 86.2 Å². The van der Waals surface area contributed by atoms with Crippen LogP contribution >= 0.6 is 0 Å². The van der Waals surface area contributed by atoms with Crippen molar-refractivity contribution in [1.29, 1.82) is 0 Å². The number of piperidine rings is 1. The molecule has 0 bridgehead atoms. The van der Waals surface area contributed by atoms with E-state index in [1.165, 1.54) is 25.8 Å². The number of nitrogens with one attached hydrogen (secondary N) is 1. The molecule has 2 heterocycles. The largest absolute Gasteiger partial charge is 0.379 e. The molecule has 2 aliphatic heterocycles. The smallest absolute Gasteiger partial charge is 0.0809 e. The summed E-state index contributed by atoms with van der Waals surface area (Å²) in [6.45, 7) is 4.96. The molecule has 2 saturated heterocycles. The molecule has 82 valence electrons. The van der Waals surface area contributed by atoms with Crippen LogP contribution in [0, 0.1) is 5.92 Å². The molecular weight excluding hydrogens is 178 g/mol. The Kier molecular flexibility index (Phi) is 4.22. The zero-order chi connectivity index (χ0) is 9.64. The van der Waals surface area contributed by atoms with Crippen molar-refractivity contribution in [2.75, 3.05) is 32.9 Å². The fourth-order valence-electron chi connectivity index (χ4n) is 2.18. The first-order chi connectivity index (χ1) is 6.95. The summed E-state index contributed by atoms with van der Waals surface area (Å²) in [5.41, 5.74) is 0. The van der Waals surface area contributed by atoms with Gasteiger partial charge in [0.25, 0.3) is 0 Å². The van der Waals surface area contributed by atoms with E-state index in [0.29, 0.717) is 6.10 Å². The highest BCUT2D eigenvalue weighted by Crippen LogP contribution is 2.14. The standard InChI is InChI=1S/C11H21NO2/c1-3-10(7-12-5-1)8-14-11-4-2-6-13-9-11/h10-12H,1-9H2. The molecule has 0 aromatic carbocycles. The first kappa shape index (κ1) is 10.4. The molecule has 0 spiro atoms. The van der Waals surface area contributed by atoms with Gasteiger partial charge >= 0.3 is 0 Å². The minimum absolute atomic E-state index is 0.366. The van der Waals surface area contributed by atoms with E-state index in [0.717, 1.165) is 38.7 Å². The van der Waals surface area contributed by atoms with Gasteiger partial charge in [-0.2, -0.15) is 0 Å². The lowest BCUT2D eigenvalue weighted by Gasteiger charge is -2.27. The molecule has 2 rings (SSSR count). The molecule has 0 radical (unpaired) electrons. The Morgan fingerprint density at radius 2 is 2.29 bits per heavy atom. The lowest BCUT2D eigenvalue weighted by Crippen LogP contribution is -2.34. The summed E-state index contributed by atoms with van der Waals surface area (Å²) >= 11 is 0. The van der Waals surface area contributed by atoms with Gasteiger partial charge in [0, 0.05) is 13.2 Å². The Bertz CT molecular complexity index is 133. The second kappa shape index (κ2) is 5.69. The lowest BCUT2D eigenvalue weighted by atomic mass is 10.0. The van der Waals surface area contributed by atoms with Gasteiger partial charge in [0.2, 0.25) is 0 Å². The van der Waals surface area contributed by atoms with Crippen molar-refractivity contribution in [3.8, 4) is 0 Å². The van der Waals surface area contributed by atoms with E-state index in [-0.39, 0.29) is 0 Å². The van der Waals surface area contributed by atoms with Crippen LogP contribution < -0.4 is 5.32 Å². The molecule has 0 amide bonds. The van der Waals surface area contributed by atoms with Gasteiger partial charge in [0.05, 0.1) is 19.3 Å². The summed E-state index contributed by atoms with van der Waals surface area (Å²) in [6.07, 6.45) is 5.33. The van der Waals surface area contributed by atoms with Crippen LogP contribution in [0.2, 0.25) is 0 Å². The maximum Gasteiger partial charge on any atom is 0.0809 e. The summed E-state index contributed by atoms with van der Waals surface area (Å²) in [5.74, 6) is 0.727. The third-order valence-corrected chi connectivity index (χ3v) is 3.09. The van der Waals surface area contributed by atoms with E-state index in [1.54, 1.807) is 0 Å². The zero-order valence-corrected chi connectivity index (χ0v) is 8.84. The Morgan fingerprint density at radius 1 is 1.29 bits per heavy atom. The van der Waals surface area contributed by atoms with Crippen molar-refractivity contribution < 1.29 is 9.47 Å². The number of ether oxygens (including phenoxy) is 2. The third kappa shape index (κ3) is 3.23. The monoisotopic (exact) mass is 199 g/mol. The molecule has 2 aliphatic rings. The van der Waals surface area contributed by atoms with Crippen LogP contribution in [0.15, 0.2) is 0 Å². The van der Waals surface area contributed by atoms with E-state index in [1.807, 2.05) is 0 Å². The van der Waals surface area contributed by atoms with Gasteiger partial charge < -0.3 is 14.8 Å². The molecule has 2 atom stereocenters. The fourth-order valence-corrected chi connectivity index (χ4v) is 2.18. The predicted molar refractivity (Wildman–Crippen MR) is 55.4 cm³/mol. The van der Waals surface area contributed by atoms with Crippen LogP contribution in [-0.4, -0.2) is 39.0 Å². The van der Waals surface area contributed by atoms with Gasteiger partial charge in [0.1, 0.15) is 0 Å². The van der Waals surface area contributed by atoms with Gasteiger partial charge in [-0.3, -0.25) is 0 Å². The van der Waals surface area contributed by atoms with Crippen LogP contribution in [0.25, 0.3) is 0 Å². The highest BCUT2D eigenvalue weighted by atomic mass is 16.5. The first-order valence-corrected chi connectivity index (χ1v) is 5.85. The normalized spacial score (nSPS) is 34.3. The molecule has 0 aliphatic carbocycles. The van der Waals surface area contributed by atoms with Crippen molar-refractivity contribution in [2.24, 2.45) is 5.92 Å². The average Bonchev–Trinajstić information content (AvgIpc) is 2.29. The molecule has 1 N–H and O–H groups in total. The predicted octanol–water partition coefficient (Wildman–Crippen LogP) is 1.18. The van der Waals surface area contributed by atoms with Crippen LogP contribution in [-0.2, 0) is 9.47 Å². The lowest BCUT2D eigenvalue weighted by molar-refractivity contribution is -0.0614. The first-order valence-electron chi connectivity index (χ1n) is 5.85. The quantitative estimate of drug-likeness (QED) is 0.740. The van der Waals surface area contributed by atoms with E-state index >= 15 is 0 Å². The molecule has 0 aromatic heterocycles. The molecule has 14 heavy (non-hydrogen) atoms. The molecule has 3 heteroatoms. The third-order valence-electron chi connectivity index (χ3n) is 3.09. The average molecular weight is 199 g/mol. The minimum Gasteiger partial charge on any atom is -0.379 e. The summed E-state index contributed by atoms with van der Waals surface area (Å²) in [4.78, 5) is 0. The summed E-state index contributed by atoms with van der Waals surface area (Å²) in [7, 11) is 0. The van der Waals surface area contributed by atoms with Crippen molar-refractivity contribution >= 4 is 0 Å². The van der Waals surface area contributed by atoms with E-state index in [2.05, 4.69) is 5.32 Å². The Hall–Kier alpha value is -0.120. The number of rotatable bonds is 3. The highest BCUT2D eigenvalue weighted by molar-refractivity contribution is 4.70. The second-order valence-electron chi connectivity index (χ2n) is 4.38. The zero-order valence-electron chi connectivity index (χ0n) is 8.84. The van der Waals surface area contributed by atoms with Crippen LogP contribution in [0.1, 0.15) is 25.7 Å². The minimum atomic E-state index is 0.366. The molecule has 2 fully saturated rings. The van der Waals surface area contributed by atoms with Gasteiger partial charge in [-0.1, -0.05) is 0 Å². The topological polar surface area (TPSA) is 30.5 Å². The summed E-state index contributed by atoms with van der Waals surface area (Å²) < 4.78 is 11.2. The van der Waals surface area contributed by atoms with Crippen molar-refractivity contribution in [3.05, 3.63) is 0 Å². The maximum absolute atomic E-state index is 5.86. The Balaban J connectivity index is 1.60. The van der Waals surface area contributed by atoms with Crippen LogP contribution in [0.4, 0.5) is 0 Å². The molecular formula is C11H21NO2. The summed E-state index contributed by atoms with van der Waals surface area (Å²) in [5, 5.41) is 3.41. The SMILES string of the molecule is C1CNCC(COC2CCCOC2)C1. The van der Waals surface area contributed by atoms with Gasteiger partial charge in [0.15, 0.2) is 0 Å². The number of hydrogen-bond acceptors (Lipinski definition) is 3. The van der Waals surface area contributed by atoms with Gasteiger partial charge in [-0.15, -0.1) is 0 Å². The second-order valence-corrected chi connectivity index (χ2v) is 4.38. The van der Waals surface area contributed by atoms with E-state index in [4.69, 9.17) is 9.47 Å². The van der Waals surface area contributed by atoms with Crippen molar-refractivity contribution in [1.82, 2.24) is 5.32 Å². The van der Waals surface area contributed by atoms with E-state index < -0.39 is 0 Å². The van der Waals surface area contributed by atoms with Crippen LogP contribution in [0.3, 0.4) is 0 Å². The number of hydrogen-bond donors (Lipinski definition) is 1. The van der Waals surface area contributed by atoms with Crippen LogP contribution in [0.5, 0.6) is 0 Å². The summed E-state index contributed by atoms with van der Waals surface area (Å²) in [6, 6.07) is 0. The Morgan fingerprint density at radius 3 is 3.00 bits per heavy atom. The molecule has 0 aromatic rings. The maximum atomic E-state index is 5.86. The molecule has 0 saturated carbocycles. The highest BCUT2D eigenvalue weighted by Gasteiger charge is 2.18. The van der Waals surface area contributed by atoms with E-state index in [9.17, 15) is 0 Å². The molecule has 3 nitrogen and oxygen atoms in total. The molecule has 2 unspecified atom stereocenters. The van der Waals surface area contributed by atoms with Gasteiger partial charge in [-0.05, 0) is 38.1 Å². The van der Waals surface area contributed by atoms with Crippen molar-refractivity contribution in [2.45, 2.75) is 31.8 Å². The van der Waals surface area contributed by atoms with Gasteiger partial charge in [-0.25, -0.2) is 0 Å². The van der Waals surface area contributed by atoms with Crippen molar-refractivity contribution in [3.63, 3.8) is 0 Å². The fraction of sp³-hybridized carbons (Fsp3) is 1.00.